The number of sulfonamides is 2. The van der Waals surface area contributed by atoms with Gasteiger partial charge in [-0.05, 0) is 43.4 Å². The first-order chi connectivity index (χ1) is 16.3. The summed E-state index contributed by atoms with van der Waals surface area (Å²) in [4.78, 5) is 25.4. The topological polar surface area (TPSA) is 155 Å². The van der Waals surface area contributed by atoms with Crippen molar-refractivity contribution in [3.63, 3.8) is 0 Å². The summed E-state index contributed by atoms with van der Waals surface area (Å²) in [6.45, 7) is 4.91. The van der Waals surface area contributed by atoms with E-state index < -0.39 is 38.0 Å². The molecule has 35 heavy (non-hydrogen) atoms. The van der Waals surface area contributed by atoms with Crippen LogP contribution in [0.1, 0.15) is 39.5 Å². The number of amidine groups is 1. The summed E-state index contributed by atoms with van der Waals surface area (Å²) in [5, 5.41) is 6.06. The van der Waals surface area contributed by atoms with Gasteiger partial charge in [-0.25, -0.2) is 13.4 Å². The van der Waals surface area contributed by atoms with Gasteiger partial charge in [0.1, 0.15) is 16.8 Å². The molecular weight excluding hydrogens is 498 g/mol. The number of fused-ring (bicyclic) bond motifs is 1. The molecule has 0 bridgehead atoms. The van der Waals surface area contributed by atoms with Crippen LogP contribution in [0.25, 0.3) is 0 Å². The van der Waals surface area contributed by atoms with Crippen molar-refractivity contribution in [1.82, 2.24) is 10.0 Å². The number of amides is 1. The summed E-state index contributed by atoms with van der Waals surface area (Å²) in [5.41, 5.74) is 0.262. The molecule has 2 aliphatic rings. The highest BCUT2D eigenvalue weighted by Crippen LogP contribution is 2.31. The van der Waals surface area contributed by atoms with Crippen molar-refractivity contribution in [2.45, 2.75) is 50.5 Å². The number of hydrazine groups is 1. The second-order valence-corrected chi connectivity index (χ2v) is 12.3. The van der Waals surface area contributed by atoms with Crippen LogP contribution in [0.5, 0.6) is 0 Å². The Morgan fingerprint density at radius 1 is 1.34 bits per heavy atom. The summed E-state index contributed by atoms with van der Waals surface area (Å²) >= 11 is 0. The van der Waals surface area contributed by atoms with Gasteiger partial charge in [0.05, 0.1) is 25.5 Å². The van der Waals surface area contributed by atoms with E-state index in [2.05, 4.69) is 14.4 Å². The van der Waals surface area contributed by atoms with Gasteiger partial charge in [-0.1, -0.05) is 13.8 Å². The Balaban J connectivity index is 1.84. The van der Waals surface area contributed by atoms with Gasteiger partial charge in [0.25, 0.3) is 10.0 Å². The lowest BCUT2D eigenvalue weighted by molar-refractivity contribution is -0.162. The Bertz CT molecular complexity index is 1230. The van der Waals surface area contributed by atoms with Crippen LogP contribution >= 0.6 is 0 Å². The van der Waals surface area contributed by atoms with Crippen molar-refractivity contribution >= 4 is 49.1 Å². The highest BCUT2D eigenvalue weighted by molar-refractivity contribution is 7.92. The SMILES string of the molecule is COC(=O)C1CCCN1N(CCC(C)C)C(=O)CC1=NS(=O)(=O)c2cc(NS(C)(=O)=O)ccc2N1. The number of methoxy groups -OCH3 is 1. The van der Waals surface area contributed by atoms with Gasteiger partial charge in [-0.2, -0.15) is 8.42 Å². The molecule has 2 N–H and O–H groups in total. The summed E-state index contributed by atoms with van der Waals surface area (Å²) in [7, 11) is -6.48. The number of esters is 1. The second kappa shape index (κ2) is 10.5. The zero-order valence-corrected chi connectivity index (χ0v) is 21.8. The van der Waals surface area contributed by atoms with E-state index >= 15 is 0 Å². The van der Waals surface area contributed by atoms with Gasteiger partial charge in [0.2, 0.25) is 15.9 Å². The Morgan fingerprint density at radius 3 is 2.69 bits per heavy atom. The maximum absolute atomic E-state index is 13.3. The summed E-state index contributed by atoms with van der Waals surface area (Å²) < 4.78 is 59.4. The number of ether oxygens (including phenoxy) is 1. The zero-order valence-electron chi connectivity index (χ0n) is 20.1. The second-order valence-electron chi connectivity index (χ2n) is 8.94. The third-order valence-corrected chi connectivity index (χ3v) is 7.57. The van der Waals surface area contributed by atoms with Crippen LogP contribution in [0.4, 0.5) is 11.4 Å². The summed E-state index contributed by atoms with van der Waals surface area (Å²) in [6.07, 6.45) is 2.59. The van der Waals surface area contributed by atoms with Crippen LogP contribution in [-0.4, -0.2) is 77.1 Å². The molecule has 14 heteroatoms. The molecule has 1 aromatic carbocycles. The number of hydrogen-bond acceptors (Lipinski definition) is 9. The highest BCUT2D eigenvalue weighted by Gasteiger charge is 2.38. The average molecular weight is 530 g/mol. The number of nitrogens with one attached hydrogen (secondary N) is 2. The number of carbonyl (C=O) groups excluding carboxylic acids is 2. The van der Waals surface area contributed by atoms with E-state index in [9.17, 15) is 26.4 Å². The van der Waals surface area contributed by atoms with Crippen LogP contribution in [0.2, 0.25) is 0 Å². The molecular formula is C21H31N5O7S2. The maximum Gasteiger partial charge on any atom is 0.324 e. The van der Waals surface area contributed by atoms with Crippen molar-refractivity contribution < 1.29 is 31.2 Å². The van der Waals surface area contributed by atoms with E-state index in [0.29, 0.717) is 31.8 Å². The monoisotopic (exact) mass is 529 g/mol. The fraction of sp³-hybridized carbons (Fsp3) is 0.571. The standard InChI is InChI=1S/C21H31N5O7S2/c1-14(2)9-11-26(25-10-5-6-17(25)21(28)33-3)20(27)13-19-22-16-8-7-15(23-34(4,29)30)12-18(16)35(31,32)24-19/h7-8,12,14,17,23H,5-6,9-11,13H2,1-4H3,(H,22,24). The van der Waals surface area contributed by atoms with E-state index in [1.807, 2.05) is 13.8 Å². The van der Waals surface area contributed by atoms with Crippen molar-refractivity contribution in [3.05, 3.63) is 18.2 Å². The third-order valence-electron chi connectivity index (χ3n) is 5.60. The number of anilines is 2. The summed E-state index contributed by atoms with van der Waals surface area (Å²) in [6, 6.07) is 3.40. The molecule has 0 radical (unpaired) electrons. The predicted octanol–water partition coefficient (Wildman–Crippen LogP) is 1.39. The smallest absolute Gasteiger partial charge is 0.324 e. The number of hydrogen-bond donors (Lipinski definition) is 2. The van der Waals surface area contributed by atoms with E-state index in [4.69, 9.17) is 4.74 Å². The van der Waals surface area contributed by atoms with E-state index in [0.717, 1.165) is 12.7 Å². The predicted molar refractivity (Wildman–Crippen MR) is 131 cm³/mol. The van der Waals surface area contributed by atoms with Gasteiger partial charge in [0.15, 0.2) is 0 Å². The Morgan fingerprint density at radius 2 is 2.06 bits per heavy atom. The molecule has 1 atom stereocenters. The number of benzene rings is 1. The zero-order chi connectivity index (χ0) is 26.0. The minimum Gasteiger partial charge on any atom is -0.468 e. The molecule has 0 spiro atoms. The van der Waals surface area contributed by atoms with Crippen LogP contribution in [-0.2, 0) is 34.4 Å². The van der Waals surface area contributed by atoms with E-state index in [-0.39, 0.29) is 28.5 Å². The van der Waals surface area contributed by atoms with Crippen LogP contribution in [0.3, 0.4) is 0 Å². The van der Waals surface area contributed by atoms with Crippen LogP contribution in [0.15, 0.2) is 27.5 Å². The molecule has 1 fully saturated rings. The lowest BCUT2D eigenvalue weighted by Gasteiger charge is -2.35. The molecule has 2 aliphatic heterocycles. The van der Waals surface area contributed by atoms with Gasteiger partial charge >= 0.3 is 5.97 Å². The highest BCUT2D eigenvalue weighted by atomic mass is 32.2. The first-order valence-corrected chi connectivity index (χ1v) is 14.5. The quantitative estimate of drug-likeness (QED) is 0.452. The van der Waals surface area contributed by atoms with Gasteiger partial charge in [-0.3, -0.25) is 19.3 Å². The molecule has 12 nitrogen and oxygen atoms in total. The summed E-state index contributed by atoms with van der Waals surface area (Å²) in [5.74, 6) is -0.582. The Labute approximate surface area is 205 Å². The molecule has 0 aromatic heterocycles. The van der Waals surface area contributed by atoms with E-state index in [1.165, 1.54) is 30.3 Å². The molecule has 1 amide bonds. The molecule has 1 unspecified atom stereocenters. The average Bonchev–Trinajstić information content (AvgIpc) is 3.21. The molecule has 1 aromatic rings. The molecule has 0 aliphatic carbocycles. The van der Waals surface area contributed by atoms with Crippen molar-refractivity contribution in [3.8, 4) is 0 Å². The minimum atomic E-state index is -4.18. The van der Waals surface area contributed by atoms with Crippen molar-refractivity contribution in [1.29, 1.82) is 0 Å². The van der Waals surface area contributed by atoms with E-state index in [1.54, 1.807) is 5.01 Å². The molecule has 3 rings (SSSR count). The minimum absolute atomic E-state index is 0.0605. The van der Waals surface area contributed by atoms with Crippen LogP contribution in [0, 0.1) is 5.92 Å². The van der Waals surface area contributed by atoms with Gasteiger partial charge in [0, 0.05) is 18.8 Å². The number of rotatable bonds is 9. The molecule has 194 valence electrons. The first-order valence-electron chi connectivity index (χ1n) is 11.2. The molecule has 0 saturated carbocycles. The van der Waals surface area contributed by atoms with Crippen LogP contribution < -0.4 is 10.0 Å². The lowest BCUT2D eigenvalue weighted by atomic mass is 10.1. The third kappa shape index (κ3) is 6.70. The Hall–Kier alpha value is -2.71. The first kappa shape index (κ1) is 26.9. The fourth-order valence-electron chi connectivity index (χ4n) is 3.99. The van der Waals surface area contributed by atoms with Gasteiger partial charge < -0.3 is 10.1 Å². The Kier molecular flexibility index (Phi) is 8.07. The van der Waals surface area contributed by atoms with Crippen molar-refractivity contribution in [2.24, 2.45) is 10.3 Å². The molecule has 2 heterocycles. The normalized spacial score (nSPS) is 19.5. The largest absolute Gasteiger partial charge is 0.468 e. The fourth-order valence-corrected chi connectivity index (χ4v) is 5.72. The number of nitrogens with zero attached hydrogens (tertiary/aromatic N) is 3. The van der Waals surface area contributed by atoms with Gasteiger partial charge in [-0.15, -0.1) is 4.40 Å². The maximum atomic E-state index is 13.3. The number of carbonyl (C=O) groups is 2. The van der Waals surface area contributed by atoms with Crippen molar-refractivity contribution in [2.75, 3.05) is 36.5 Å². The lowest BCUT2D eigenvalue weighted by Crippen LogP contribution is -2.52. The molecule has 1 saturated heterocycles.